The highest BCUT2D eigenvalue weighted by Gasteiger charge is 2.32. The molecule has 0 spiro atoms. The molecule has 0 aliphatic rings. The summed E-state index contributed by atoms with van der Waals surface area (Å²) in [5.74, 6) is 0. The highest BCUT2D eigenvalue weighted by atomic mass is 35.5. The fraction of sp³-hybridized carbons (Fsp3) is 0.143. The highest BCUT2D eigenvalue weighted by molar-refractivity contribution is 6.30. The number of aliphatic hydroxyl groups excluding tert-OH is 1. The number of hydrogen-bond donors (Lipinski definition) is 1. The molecule has 2 aromatic carbocycles. The molecule has 1 N–H and O–H groups in total. The molecular weight excluding hydrogens is 531 g/mol. The molecular formula is C28H21ClF3N5O2. The number of benzene rings is 2. The molecule has 4 aromatic rings. The smallest absolute Gasteiger partial charge is 0.374 e. The largest absolute Gasteiger partial charge is 0.433 e. The van der Waals surface area contributed by atoms with E-state index in [4.69, 9.17) is 16.9 Å². The number of aliphatic hydroxyl groups is 1. The van der Waals surface area contributed by atoms with Crippen molar-refractivity contribution in [3.05, 3.63) is 106 Å². The van der Waals surface area contributed by atoms with Crippen molar-refractivity contribution >= 4 is 18.0 Å². The number of rotatable bonds is 7. The summed E-state index contributed by atoms with van der Waals surface area (Å²) in [5.41, 5.74) is 2.88. The van der Waals surface area contributed by atoms with Crippen LogP contribution >= 0.6 is 11.6 Å². The van der Waals surface area contributed by atoms with Gasteiger partial charge in [0.25, 0.3) is 0 Å². The molecule has 1 unspecified atom stereocenters. The Balaban J connectivity index is 1.85. The van der Waals surface area contributed by atoms with E-state index in [9.17, 15) is 23.1 Å². The van der Waals surface area contributed by atoms with Crippen LogP contribution in [0.25, 0.3) is 22.3 Å². The number of pyridine rings is 2. The Morgan fingerprint density at radius 1 is 1.10 bits per heavy atom. The van der Waals surface area contributed by atoms with Gasteiger partial charge < -0.3 is 5.11 Å². The first-order valence-corrected chi connectivity index (χ1v) is 11.9. The van der Waals surface area contributed by atoms with Gasteiger partial charge in [-0.25, -0.2) is 0 Å². The lowest BCUT2D eigenvalue weighted by atomic mass is 9.95. The van der Waals surface area contributed by atoms with Crippen LogP contribution < -0.4 is 5.49 Å². The van der Waals surface area contributed by atoms with Crippen LogP contribution in [-0.4, -0.2) is 33.1 Å². The quantitative estimate of drug-likeness (QED) is 0.188. The Morgan fingerprint density at radius 2 is 1.77 bits per heavy atom. The maximum absolute atomic E-state index is 12.9. The second-order valence-corrected chi connectivity index (χ2v) is 9.00. The van der Waals surface area contributed by atoms with Gasteiger partial charge in [-0.05, 0) is 52.1 Å². The zero-order valence-electron chi connectivity index (χ0n) is 20.5. The van der Waals surface area contributed by atoms with E-state index < -0.39 is 18.0 Å². The van der Waals surface area contributed by atoms with Gasteiger partial charge in [-0.1, -0.05) is 54.1 Å². The SMILES string of the molecule is CN(Cc1ccc(C(F)(F)F)nc1)/N=c1/c(-c2ccc(C(O)C#N)cc2)c(-c2ccc(Cl)cc2)ccn1C=O. The normalized spacial score (nSPS) is 12.6. The van der Waals surface area contributed by atoms with Crippen LogP contribution in [0.4, 0.5) is 13.2 Å². The first kappa shape index (κ1) is 27.6. The molecule has 0 bridgehead atoms. The maximum Gasteiger partial charge on any atom is 0.433 e. The third-order valence-electron chi connectivity index (χ3n) is 5.84. The molecule has 0 aliphatic heterocycles. The number of carbonyl (C=O) groups excluding carboxylic acids is 1. The van der Waals surface area contributed by atoms with Crippen molar-refractivity contribution in [3.63, 3.8) is 0 Å². The summed E-state index contributed by atoms with van der Waals surface area (Å²) < 4.78 is 39.9. The monoisotopic (exact) mass is 551 g/mol. The first-order valence-electron chi connectivity index (χ1n) is 11.5. The van der Waals surface area contributed by atoms with E-state index in [1.165, 1.54) is 15.6 Å². The lowest BCUT2D eigenvalue weighted by Crippen LogP contribution is -2.27. The van der Waals surface area contributed by atoms with Crippen LogP contribution in [-0.2, 0) is 17.5 Å². The van der Waals surface area contributed by atoms with Crippen LogP contribution in [0.1, 0.15) is 22.9 Å². The van der Waals surface area contributed by atoms with Crippen molar-refractivity contribution in [2.75, 3.05) is 7.05 Å². The molecule has 7 nitrogen and oxygen atoms in total. The summed E-state index contributed by atoms with van der Waals surface area (Å²) in [6, 6.07) is 19.5. The van der Waals surface area contributed by atoms with Crippen LogP contribution in [0.5, 0.6) is 0 Å². The average molecular weight is 552 g/mol. The lowest BCUT2D eigenvalue weighted by Gasteiger charge is -2.18. The highest BCUT2D eigenvalue weighted by Crippen LogP contribution is 2.31. The summed E-state index contributed by atoms with van der Waals surface area (Å²) >= 11 is 6.08. The van der Waals surface area contributed by atoms with Crippen molar-refractivity contribution in [1.29, 1.82) is 5.26 Å². The number of nitriles is 1. The lowest BCUT2D eigenvalue weighted by molar-refractivity contribution is -0.141. The molecule has 2 aromatic heterocycles. The standard InChI is InChI=1S/C28H21ClF3N5O2/c1-36(16-18-2-11-25(34-15-18)28(30,31)32)35-27-26(21-5-3-20(4-6-21)24(39)14-33)23(12-13-37(27)17-38)19-7-9-22(29)10-8-19/h2-13,15,17,24,39H,16H2,1H3/b35-27-. The van der Waals surface area contributed by atoms with Gasteiger partial charge >= 0.3 is 6.18 Å². The molecule has 2 heterocycles. The minimum Gasteiger partial charge on any atom is -0.374 e. The Morgan fingerprint density at radius 3 is 2.33 bits per heavy atom. The van der Waals surface area contributed by atoms with E-state index in [2.05, 4.69) is 10.1 Å². The molecule has 0 aliphatic carbocycles. The molecule has 4 rings (SSSR count). The Labute approximate surface area is 226 Å². The van der Waals surface area contributed by atoms with Crippen LogP contribution in [0, 0.1) is 11.3 Å². The van der Waals surface area contributed by atoms with E-state index in [1.54, 1.807) is 61.8 Å². The Bertz CT molecular complexity index is 1580. The summed E-state index contributed by atoms with van der Waals surface area (Å²) in [7, 11) is 1.62. The van der Waals surface area contributed by atoms with Gasteiger partial charge in [-0.2, -0.15) is 23.5 Å². The molecule has 198 valence electrons. The summed E-state index contributed by atoms with van der Waals surface area (Å²) in [5, 5.41) is 25.6. The van der Waals surface area contributed by atoms with Gasteiger partial charge in [0.1, 0.15) is 5.69 Å². The van der Waals surface area contributed by atoms with Gasteiger partial charge in [-0.15, -0.1) is 0 Å². The van der Waals surface area contributed by atoms with Gasteiger partial charge in [0.05, 0.1) is 12.6 Å². The van der Waals surface area contributed by atoms with Crippen molar-refractivity contribution in [2.45, 2.75) is 18.8 Å². The Hall–Kier alpha value is -4.46. The third kappa shape index (κ3) is 6.34. The molecule has 0 saturated heterocycles. The van der Waals surface area contributed by atoms with Crippen molar-refractivity contribution in [3.8, 4) is 28.3 Å². The van der Waals surface area contributed by atoms with E-state index in [1.807, 2.05) is 12.1 Å². The van der Waals surface area contributed by atoms with Gasteiger partial charge in [0.15, 0.2) is 11.6 Å². The van der Waals surface area contributed by atoms with Crippen LogP contribution in [0.3, 0.4) is 0 Å². The van der Waals surface area contributed by atoms with Gasteiger partial charge in [-0.3, -0.25) is 19.4 Å². The summed E-state index contributed by atoms with van der Waals surface area (Å²) in [6.07, 6.45) is -2.55. The minimum absolute atomic E-state index is 0.113. The van der Waals surface area contributed by atoms with Gasteiger partial charge in [0.2, 0.25) is 6.41 Å². The minimum atomic E-state index is -4.54. The number of aromatic nitrogens is 2. The van der Waals surface area contributed by atoms with E-state index in [-0.39, 0.29) is 12.0 Å². The number of halogens is 4. The number of carbonyl (C=O) groups is 1. The maximum atomic E-state index is 12.9. The molecule has 1 atom stereocenters. The fourth-order valence-corrected chi connectivity index (χ4v) is 4.08. The van der Waals surface area contributed by atoms with Crippen molar-refractivity contribution < 1.29 is 23.1 Å². The van der Waals surface area contributed by atoms with Gasteiger partial charge in [0, 0.05) is 30.0 Å². The van der Waals surface area contributed by atoms with E-state index in [0.29, 0.717) is 33.7 Å². The predicted molar refractivity (Wildman–Crippen MR) is 139 cm³/mol. The third-order valence-corrected chi connectivity index (χ3v) is 6.09. The second-order valence-electron chi connectivity index (χ2n) is 8.57. The molecule has 0 saturated carbocycles. The number of nitrogens with zero attached hydrogens (tertiary/aromatic N) is 5. The van der Waals surface area contributed by atoms with Crippen molar-refractivity contribution in [2.24, 2.45) is 5.10 Å². The second kappa shape index (κ2) is 11.5. The summed E-state index contributed by atoms with van der Waals surface area (Å²) in [6.45, 7) is 0.113. The average Bonchev–Trinajstić information content (AvgIpc) is 2.92. The zero-order valence-corrected chi connectivity index (χ0v) is 21.2. The van der Waals surface area contributed by atoms with E-state index >= 15 is 0 Å². The van der Waals surface area contributed by atoms with Crippen LogP contribution in [0.15, 0.2) is 84.2 Å². The Kier molecular flexibility index (Phi) is 8.14. The predicted octanol–water partition coefficient (Wildman–Crippen LogP) is 5.43. The molecule has 39 heavy (non-hydrogen) atoms. The van der Waals surface area contributed by atoms with Crippen molar-refractivity contribution in [1.82, 2.24) is 14.6 Å². The number of hydrogen-bond acceptors (Lipinski definition) is 6. The molecule has 0 radical (unpaired) electrons. The topological polar surface area (TPSA) is 94.5 Å². The molecule has 0 amide bonds. The zero-order chi connectivity index (χ0) is 28.2. The van der Waals surface area contributed by atoms with Crippen LogP contribution in [0.2, 0.25) is 5.02 Å². The van der Waals surface area contributed by atoms with E-state index in [0.717, 1.165) is 23.4 Å². The summed E-state index contributed by atoms with van der Waals surface area (Å²) in [4.78, 5) is 15.5. The number of alkyl halides is 3. The molecule has 0 fully saturated rings. The first-order chi connectivity index (χ1) is 18.6. The fourth-order valence-electron chi connectivity index (χ4n) is 3.95. The molecule has 11 heteroatoms.